The van der Waals surface area contributed by atoms with Crippen molar-refractivity contribution in [1.29, 1.82) is 0 Å². The number of guanidine groups is 1. The molecule has 6 N–H and O–H groups in total. The van der Waals surface area contributed by atoms with E-state index in [2.05, 4.69) is 22.5 Å². The summed E-state index contributed by atoms with van der Waals surface area (Å²) < 4.78 is 0. The third-order valence-corrected chi connectivity index (χ3v) is 5.35. The maximum absolute atomic E-state index is 12.2. The van der Waals surface area contributed by atoms with Gasteiger partial charge < -0.3 is 22.1 Å². The van der Waals surface area contributed by atoms with Crippen LogP contribution in [-0.2, 0) is 9.59 Å². The molecule has 0 aliphatic heterocycles. The van der Waals surface area contributed by atoms with Crippen LogP contribution in [-0.4, -0.2) is 37.4 Å². The quantitative estimate of drug-likeness (QED) is 0.135. The molecule has 0 aromatic carbocycles. The fraction of sp³-hybridized carbons (Fsp3) is 0.870. The van der Waals surface area contributed by atoms with Gasteiger partial charge in [0, 0.05) is 20.0 Å². The van der Waals surface area contributed by atoms with Crippen molar-refractivity contribution < 1.29 is 9.59 Å². The molecular formula is C23H47N5O2. The van der Waals surface area contributed by atoms with Gasteiger partial charge in [0.2, 0.25) is 11.8 Å². The van der Waals surface area contributed by atoms with Crippen LogP contribution in [0.25, 0.3) is 0 Å². The van der Waals surface area contributed by atoms with Crippen LogP contribution in [0.3, 0.4) is 0 Å². The lowest BCUT2D eigenvalue weighted by Gasteiger charge is -2.17. The molecule has 7 nitrogen and oxygen atoms in total. The molecule has 0 aromatic rings. The number of hydrogen-bond donors (Lipinski definition) is 4. The zero-order valence-electron chi connectivity index (χ0n) is 19.5. The van der Waals surface area contributed by atoms with Gasteiger partial charge in [0.05, 0.1) is 0 Å². The summed E-state index contributed by atoms with van der Waals surface area (Å²) in [6.45, 7) is 2.71. The van der Waals surface area contributed by atoms with Crippen LogP contribution < -0.4 is 22.1 Å². The number of carbonyl (C=O) groups excluding carboxylic acids is 2. The van der Waals surface area contributed by atoms with E-state index in [1.165, 1.54) is 70.6 Å². The first kappa shape index (κ1) is 28.2. The molecule has 176 valence electrons. The van der Waals surface area contributed by atoms with Crippen molar-refractivity contribution in [3.8, 4) is 0 Å². The summed E-state index contributed by atoms with van der Waals surface area (Å²) in [6.07, 6.45) is 18.2. The number of rotatable bonds is 20. The van der Waals surface area contributed by atoms with Gasteiger partial charge in [-0.1, -0.05) is 84.0 Å². The normalized spacial score (nSPS) is 11.7. The topological polar surface area (TPSA) is 123 Å². The van der Waals surface area contributed by atoms with E-state index in [0.717, 1.165) is 12.8 Å². The summed E-state index contributed by atoms with van der Waals surface area (Å²) in [5, 5.41) is 5.44. The predicted octanol–water partition coefficient (Wildman–Crippen LogP) is 3.75. The number of amides is 2. The minimum absolute atomic E-state index is 0.0398. The van der Waals surface area contributed by atoms with E-state index < -0.39 is 6.04 Å². The molecule has 0 heterocycles. The lowest BCUT2D eigenvalue weighted by molar-refractivity contribution is -0.129. The Morgan fingerprint density at radius 3 is 1.77 bits per heavy atom. The zero-order valence-corrected chi connectivity index (χ0v) is 19.5. The third-order valence-electron chi connectivity index (χ3n) is 5.35. The summed E-state index contributed by atoms with van der Waals surface area (Å²) in [5.41, 5.74) is 10.6. The van der Waals surface area contributed by atoms with Crippen molar-refractivity contribution in [1.82, 2.24) is 10.6 Å². The molecule has 1 atom stereocenters. The Bertz CT molecular complexity index is 465. The Hall–Kier alpha value is -1.79. The maximum Gasteiger partial charge on any atom is 0.242 e. The Labute approximate surface area is 184 Å². The van der Waals surface area contributed by atoms with Crippen molar-refractivity contribution >= 4 is 17.8 Å². The molecule has 0 fully saturated rings. The summed E-state index contributed by atoms with van der Waals surface area (Å²) >= 11 is 0. The number of nitrogens with two attached hydrogens (primary N) is 2. The summed E-state index contributed by atoms with van der Waals surface area (Å²) in [7, 11) is 1.57. The number of nitrogens with zero attached hydrogens (tertiary/aromatic N) is 1. The fourth-order valence-electron chi connectivity index (χ4n) is 3.52. The standard InChI is InChI=1S/C23H47N5O2/c1-3-4-5-6-7-8-9-10-11-12-13-14-15-18-21(29)28-20(22(30)26-2)17-16-19-27-23(24)25/h20H,3-19H2,1-2H3,(H,26,30)(H,28,29)(H4,24,25,27). The molecule has 0 bridgehead atoms. The lowest BCUT2D eigenvalue weighted by atomic mass is 10.0. The largest absolute Gasteiger partial charge is 0.370 e. The fourth-order valence-corrected chi connectivity index (χ4v) is 3.52. The number of nitrogens with one attached hydrogen (secondary N) is 2. The Morgan fingerprint density at radius 2 is 1.30 bits per heavy atom. The molecule has 1 unspecified atom stereocenters. The van der Waals surface area contributed by atoms with Crippen LogP contribution in [0.15, 0.2) is 4.99 Å². The molecule has 0 spiro atoms. The number of carbonyl (C=O) groups is 2. The van der Waals surface area contributed by atoms with Gasteiger partial charge in [-0.3, -0.25) is 14.6 Å². The van der Waals surface area contributed by atoms with E-state index in [1.807, 2.05) is 0 Å². The molecule has 0 saturated carbocycles. The second-order valence-electron chi connectivity index (χ2n) is 8.18. The third kappa shape index (κ3) is 18.3. The Kier molecular flexibility index (Phi) is 19.3. The second-order valence-corrected chi connectivity index (χ2v) is 8.18. The maximum atomic E-state index is 12.2. The van der Waals surface area contributed by atoms with Crippen molar-refractivity contribution in [2.75, 3.05) is 13.6 Å². The smallest absolute Gasteiger partial charge is 0.242 e. The zero-order chi connectivity index (χ0) is 22.5. The van der Waals surface area contributed by atoms with Crippen LogP contribution in [0, 0.1) is 0 Å². The molecule has 0 aromatic heterocycles. The van der Waals surface area contributed by atoms with Gasteiger partial charge in [0.1, 0.15) is 6.04 Å². The molecule has 0 rings (SSSR count). The predicted molar refractivity (Wildman–Crippen MR) is 126 cm³/mol. The molecule has 0 saturated heterocycles. The van der Waals surface area contributed by atoms with Gasteiger partial charge in [-0.05, 0) is 19.3 Å². The minimum atomic E-state index is -0.529. The summed E-state index contributed by atoms with van der Waals surface area (Å²) in [6, 6.07) is -0.529. The number of unbranched alkanes of at least 4 members (excludes halogenated alkanes) is 12. The lowest BCUT2D eigenvalue weighted by Crippen LogP contribution is -2.45. The molecule has 2 amide bonds. The highest BCUT2D eigenvalue weighted by Gasteiger charge is 2.18. The van der Waals surface area contributed by atoms with Gasteiger partial charge in [-0.25, -0.2) is 0 Å². The molecule has 0 radical (unpaired) electrons. The van der Waals surface area contributed by atoms with Crippen LogP contribution in [0.5, 0.6) is 0 Å². The van der Waals surface area contributed by atoms with E-state index in [9.17, 15) is 9.59 Å². The van der Waals surface area contributed by atoms with Gasteiger partial charge >= 0.3 is 0 Å². The van der Waals surface area contributed by atoms with E-state index in [1.54, 1.807) is 7.05 Å². The van der Waals surface area contributed by atoms with Gasteiger partial charge in [-0.2, -0.15) is 0 Å². The molecule has 0 aliphatic rings. The first-order chi connectivity index (χ1) is 14.5. The van der Waals surface area contributed by atoms with E-state index in [-0.39, 0.29) is 17.8 Å². The minimum Gasteiger partial charge on any atom is -0.370 e. The first-order valence-electron chi connectivity index (χ1n) is 12.1. The van der Waals surface area contributed by atoms with Crippen molar-refractivity contribution in [2.24, 2.45) is 16.5 Å². The van der Waals surface area contributed by atoms with Crippen LogP contribution in [0.1, 0.15) is 110 Å². The SMILES string of the molecule is CCCCCCCCCCCCCCCC(=O)NC(CCCN=C(N)N)C(=O)NC. The highest BCUT2D eigenvalue weighted by atomic mass is 16.2. The average Bonchev–Trinajstić information content (AvgIpc) is 2.72. The Balaban J connectivity index is 3.70. The molecule has 30 heavy (non-hydrogen) atoms. The first-order valence-corrected chi connectivity index (χ1v) is 12.1. The summed E-state index contributed by atoms with van der Waals surface area (Å²) in [5.74, 6) is -0.204. The molecular weight excluding hydrogens is 378 g/mol. The molecule has 0 aliphatic carbocycles. The number of hydrogen-bond acceptors (Lipinski definition) is 3. The van der Waals surface area contributed by atoms with Crippen LogP contribution >= 0.6 is 0 Å². The average molecular weight is 426 g/mol. The van der Waals surface area contributed by atoms with Crippen molar-refractivity contribution in [2.45, 2.75) is 116 Å². The monoisotopic (exact) mass is 425 g/mol. The highest BCUT2D eigenvalue weighted by Crippen LogP contribution is 2.13. The van der Waals surface area contributed by atoms with Crippen LogP contribution in [0.2, 0.25) is 0 Å². The van der Waals surface area contributed by atoms with Gasteiger partial charge in [-0.15, -0.1) is 0 Å². The number of aliphatic imine (C=N–C) groups is 1. The molecule has 7 heteroatoms. The van der Waals surface area contributed by atoms with Crippen LogP contribution in [0.4, 0.5) is 0 Å². The number of likely N-dealkylation sites (N-methyl/N-ethyl adjacent to an activating group) is 1. The van der Waals surface area contributed by atoms with Crippen molar-refractivity contribution in [3.63, 3.8) is 0 Å². The second kappa shape index (κ2) is 20.5. The Morgan fingerprint density at radius 1 is 0.800 bits per heavy atom. The van der Waals surface area contributed by atoms with Gasteiger partial charge in [0.25, 0.3) is 0 Å². The summed E-state index contributed by atoms with van der Waals surface area (Å²) in [4.78, 5) is 28.0. The van der Waals surface area contributed by atoms with E-state index in [0.29, 0.717) is 25.8 Å². The van der Waals surface area contributed by atoms with E-state index >= 15 is 0 Å². The van der Waals surface area contributed by atoms with Gasteiger partial charge in [0.15, 0.2) is 5.96 Å². The van der Waals surface area contributed by atoms with E-state index in [4.69, 9.17) is 11.5 Å². The van der Waals surface area contributed by atoms with Crippen molar-refractivity contribution in [3.05, 3.63) is 0 Å². The highest BCUT2D eigenvalue weighted by molar-refractivity contribution is 5.87.